The molecule has 3 nitrogen and oxygen atoms in total. The van der Waals surface area contributed by atoms with Gasteiger partial charge in [-0.1, -0.05) is 20.8 Å². The topological polar surface area (TPSA) is 49.3 Å². The Bertz CT molecular complexity index is 222. The van der Waals surface area contributed by atoms with Gasteiger partial charge < -0.3 is 10.4 Å². The molecule has 96 valence electrons. The van der Waals surface area contributed by atoms with Crippen molar-refractivity contribution in [2.45, 2.75) is 46.1 Å². The van der Waals surface area contributed by atoms with E-state index in [1.807, 2.05) is 27.0 Å². The van der Waals surface area contributed by atoms with E-state index in [1.165, 1.54) is 0 Å². The summed E-state index contributed by atoms with van der Waals surface area (Å²) < 4.78 is 0. The van der Waals surface area contributed by atoms with Crippen LogP contribution in [-0.2, 0) is 4.79 Å². The van der Waals surface area contributed by atoms with Crippen molar-refractivity contribution in [3.8, 4) is 0 Å². The largest absolute Gasteiger partial charge is 0.388 e. The molecule has 0 unspecified atom stereocenters. The Balaban J connectivity index is 3.90. The Morgan fingerprint density at radius 1 is 1.31 bits per heavy atom. The fourth-order valence-electron chi connectivity index (χ4n) is 1.24. The fourth-order valence-corrected chi connectivity index (χ4v) is 1.89. The summed E-state index contributed by atoms with van der Waals surface area (Å²) in [5, 5.41) is 12.8. The molecule has 0 fully saturated rings. The van der Waals surface area contributed by atoms with Crippen LogP contribution in [0.15, 0.2) is 0 Å². The molecule has 0 bridgehead atoms. The molecule has 0 aliphatic rings. The molecule has 1 amide bonds. The van der Waals surface area contributed by atoms with Crippen molar-refractivity contribution in [1.29, 1.82) is 0 Å². The van der Waals surface area contributed by atoms with Crippen molar-refractivity contribution in [3.05, 3.63) is 0 Å². The number of thioether (sulfide) groups is 1. The minimum Gasteiger partial charge on any atom is -0.388 e. The number of nitrogens with one attached hydrogen (secondary N) is 1. The van der Waals surface area contributed by atoms with Gasteiger partial charge in [-0.15, -0.1) is 0 Å². The first-order valence-corrected chi connectivity index (χ1v) is 7.04. The van der Waals surface area contributed by atoms with Crippen LogP contribution < -0.4 is 5.32 Å². The van der Waals surface area contributed by atoms with Gasteiger partial charge >= 0.3 is 0 Å². The molecule has 0 aliphatic heterocycles. The lowest BCUT2D eigenvalue weighted by Crippen LogP contribution is -2.41. The number of carbonyl (C=O) groups excluding carboxylic acids is 1. The third-order valence-electron chi connectivity index (χ3n) is 2.20. The van der Waals surface area contributed by atoms with Crippen molar-refractivity contribution >= 4 is 17.7 Å². The SMILES string of the molecule is CSCC[C@@](C)(O)CNC(=O)CC(C)(C)C. The van der Waals surface area contributed by atoms with Crippen LogP contribution in [0.2, 0.25) is 0 Å². The highest BCUT2D eigenvalue weighted by molar-refractivity contribution is 7.98. The van der Waals surface area contributed by atoms with Gasteiger partial charge in [-0.3, -0.25) is 4.79 Å². The number of hydrogen-bond donors (Lipinski definition) is 2. The monoisotopic (exact) mass is 247 g/mol. The summed E-state index contributed by atoms with van der Waals surface area (Å²) >= 11 is 1.70. The molecule has 0 rings (SSSR count). The quantitative estimate of drug-likeness (QED) is 0.755. The summed E-state index contributed by atoms with van der Waals surface area (Å²) in [5.74, 6) is 0.916. The minimum atomic E-state index is -0.795. The summed E-state index contributed by atoms with van der Waals surface area (Å²) in [5.41, 5.74) is -0.800. The van der Waals surface area contributed by atoms with Crippen molar-refractivity contribution < 1.29 is 9.90 Å². The van der Waals surface area contributed by atoms with Gasteiger partial charge in [-0.05, 0) is 30.8 Å². The predicted octanol–water partition coefficient (Wildman–Crippen LogP) is 2.04. The van der Waals surface area contributed by atoms with E-state index in [9.17, 15) is 9.90 Å². The summed E-state index contributed by atoms with van der Waals surface area (Å²) in [6, 6.07) is 0. The first-order valence-electron chi connectivity index (χ1n) is 5.64. The van der Waals surface area contributed by atoms with Gasteiger partial charge in [0.2, 0.25) is 5.91 Å². The smallest absolute Gasteiger partial charge is 0.220 e. The molecule has 0 aromatic carbocycles. The van der Waals surface area contributed by atoms with E-state index in [0.29, 0.717) is 19.4 Å². The second kappa shape index (κ2) is 6.50. The first-order chi connectivity index (χ1) is 7.16. The highest BCUT2D eigenvalue weighted by atomic mass is 32.2. The lowest BCUT2D eigenvalue weighted by molar-refractivity contribution is -0.123. The Kier molecular flexibility index (Phi) is 6.41. The molecule has 1 atom stereocenters. The molecule has 0 aromatic heterocycles. The number of hydrogen-bond acceptors (Lipinski definition) is 3. The van der Waals surface area contributed by atoms with E-state index in [-0.39, 0.29) is 11.3 Å². The predicted molar refractivity (Wildman–Crippen MR) is 70.7 cm³/mol. The zero-order valence-corrected chi connectivity index (χ0v) is 11.9. The molecule has 0 aliphatic carbocycles. The van der Waals surface area contributed by atoms with Crippen molar-refractivity contribution in [3.63, 3.8) is 0 Å². The molecule has 16 heavy (non-hydrogen) atoms. The molecule has 0 heterocycles. The maximum absolute atomic E-state index is 11.6. The molecule has 0 saturated carbocycles. The summed E-state index contributed by atoms with van der Waals surface area (Å²) in [4.78, 5) is 11.6. The van der Waals surface area contributed by atoms with Crippen LogP contribution in [0, 0.1) is 5.41 Å². The normalized spacial score (nSPS) is 15.6. The van der Waals surface area contributed by atoms with Gasteiger partial charge in [-0.2, -0.15) is 11.8 Å². The minimum absolute atomic E-state index is 0.00475. The molecule has 0 aromatic rings. The van der Waals surface area contributed by atoms with Crippen LogP contribution in [0.5, 0.6) is 0 Å². The number of aliphatic hydroxyl groups is 1. The van der Waals surface area contributed by atoms with Crippen molar-refractivity contribution in [2.24, 2.45) is 5.41 Å². The number of carbonyl (C=O) groups is 1. The Hall–Kier alpha value is -0.220. The molecular formula is C12H25NO2S. The third kappa shape index (κ3) is 9.04. The highest BCUT2D eigenvalue weighted by Gasteiger charge is 2.22. The van der Waals surface area contributed by atoms with Gasteiger partial charge in [0.1, 0.15) is 0 Å². The molecule has 0 radical (unpaired) electrons. The van der Waals surface area contributed by atoms with E-state index in [2.05, 4.69) is 5.32 Å². The summed E-state index contributed by atoms with van der Waals surface area (Å²) in [7, 11) is 0. The maximum Gasteiger partial charge on any atom is 0.220 e. The zero-order chi connectivity index (χ0) is 12.8. The number of amides is 1. The van der Waals surface area contributed by atoms with E-state index >= 15 is 0 Å². The van der Waals surface area contributed by atoms with Crippen LogP contribution in [0.1, 0.15) is 40.5 Å². The van der Waals surface area contributed by atoms with E-state index in [4.69, 9.17) is 0 Å². The van der Waals surface area contributed by atoms with Gasteiger partial charge in [-0.25, -0.2) is 0 Å². The molecule has 0 spiro atoms. The number of rotatable bonds is 6. The van der Waals surface area contributed by atoms with E-state index < -0.39 is 5.60 Å². The van der Waals surface area contributed by atoms with Gasteiger partial charge in [0, 0.05) is 13.0 Å². The van der Waals surface area contributed by atoms with Gasteiger partial charge in [0.25, 0.3) is 0 Å². The molecule has 2 N–H and O–H groups in total. The Morgan fingerprint density at radius 3 is 2.31 bits per heavy atom. The van der Waals surface area contributed by atoms with Gasteiger partial charge in [0.05, 0.1) is 5.60 Å². The van der Waals surface area contributed by atoms with Crippen LogP contribution in [0.4, 0.5) is 0 Å². The second-order valence-electron chi connectivity index (χ2n) is 5.75. The van der Waals surface area contributed by atoms with Gasteiger partial charge in [0.15, 0.2) is 0 Å². The Labute approximate surface area is 103 Å². The average Bonchev–Trinajstić information content (AvgIpc) is 2.09. The van der Waals surface area contributed by atoms with Crippen LogP contribution >= 0.6 is 11.8 Å². The lowest BCUT2D eigenvalue weighted by atomic mass is 9.92. The summed E-state index contributed by atoms with van der Waals surface area (Å²) in [6.45, 7) is 8.18. The molecule has 0 saturated heterocycles. The molecule has 4 heteroatoms. The van der Waals surface area contributed by atoms with E-state index in [1.54, 1.807) is 18.7 Å². The first kappa shape index (κ1) is 15.8. The average molecular weight is 247 g/mol. The summed E-state index contributed by atoms with van der Waals surface area (Å²) in [6.07, 6.45) is 3.20. The zero-order valence-electron chi connectivity index (χ0n) is 11.1. The van der Waals surface area contributed by atoms with Crippen LogP contribution in [0.25, 0.3) is 0 Å². The lowest BCUT2D eigenvalue weighted by Gasteiger charge is -2.24. The van der Waals surface area contributed by atoms with Crippen molar-refractivity contribution in [2.75, 3.05) is 18.6 Å². The highest BCUT2D eigenvalue weighted by Crippen LogP contribution is 2.18. The second-order valence-corrected chi connectivity index (χ2v) is 6.74. The maximum atomic E-state index is 11.6. The van der Waals surface area contributed by atoms with Crippen LogP contribution in [-0.4, -0.2) is 35.2 Å². The van der Waals surface area contributed by atoms with Crippen LogP contribution in [0.3, 0.4) is 0 Å². The van der Waals surface area contributed by atoms with Crippen molar-refractivity contribution in [1.82, 2.24) is 5.32 Å². The molecular weight excluding hydrogens is 222 g/mol. The fraction of sp³-hybridized carbons (Fsp3) is 0.917. The Morgan fingerprint density at radius 2 is 1.88 bits per heavy atom. The standard InChI is InChI=1S/C12H25NO2S/c1-11(2,3)8-10(14)13-9-12(4,15)6-7-16-5/h15H,6-9H2,1-5H3,(H,13,14)/t12-/m1/s1. The third-order valence-corrected chi connectivity index (χ3v) is 2.81. The van der Waals surface area contributed by atoms with E-state index in [0.717, 1.165) is 5.75 Å².